The van der Waals surface area contributed by atoms with Gasteiger partial charge in [-0.25, -0.2) is 9.48 Å². The SMILES string of the molecule is CC(C)(Cn1nc[nH]c1=O)C(=O)NCC1C=CC=CC1. The van der Waals surface area contributed by atoms with Crippen LogP contribution in [0.4, 0.5) is 0 Å². The van der Waals surface area contributed by atoms with E-state index >= 15 is 0 Å². The fourth-order valence-electron chi connectivity index (χ4n) is 2.09. The van der Waals surface area contributed by atoms with E-state index in [0.29, 0.717) is 12.5 Å². The van der Waals surface area contributed by atoms with E-state index < -0.39 is 5.41 Å². The van der Waals surface area contributed by atoms with Gasteiger partial charge in [-0.15, -0.1) is 0 Å². The Morgan fingerprint density at radius 2 is 2.35 bits per heavy atom. The summed E-state index contributed by atoms with van der Waals surface area (Å²) in [5, 5.41) is 6.83. The van der Waals surface area contributed by atoms with Crippen LogP contribution in [0.25, 0.3) is 0 Å². The number of aromatic nitrogens is 3. The Bertz CT molecular complexity index is 580. The molecule has 1 aromatic rings. The Hall–Kier alpha value is -2.11. The molecule has 6 nitrogen and oxygen atoms in total. The van der Waals surface area contributed by atoms with Gasteiger partial charge in [0.25, 0.3) is 0 Å². The number of H-pyrrole nitrogens is 1. The monoisotopic (exact) mass is 276 g/mol. The summed E-state index contributed by atoms with van der Waals surface area (Å²) in [5.41, 5.74) is -0.987. The third-order valence-corrected chi connectivity index (χ3v) is 3.37. The molecule has 0 aromatic carbocycles. The molecule has 0 radical (unpaired) electrons. The standard InChI is InChI=1S/C14H20N4O2/c1-14(2,9-18-13(20)16-10-17-18)12(19)15-8-11-6-4-3-5-7-11/h3-6,10-11H,7-9H2,1-2H3,(H,15,19)(H,16,17,20). The van der Waals surface area contributed by atoms with E-state index in [1.165, 1.54) is 11.0 Å². The highest BCUT2D eigenvalue weighted by molar-refractivity contribution is 5.81. The number of amides is 1. The maximum Gasteiger partial charge on any atom is 0.343 e. The highest BCUT2D eigenvalue weighted by atomic mass is 16.2. The first-order valence-electron chi connectivity index (χ1n) is 6.71. The van der Waals surface area contributed by atoms with Crippen molar-refractivity contribution in [3.05, 3.63) is 41.1 Å². The molecule has 0 bridgehead atoms. The first kappa shape index (κ1) is 14.3. The molecule has 0 spiro atoms. The third kappa shape index (κ3) is 3.46. The maximum atomic E-state index is 12.2. The van der Waals surface area contributed by atoms with Gasteiger partial charge in [-0.2, -0.15) is 5.10 Å². The second-order valence-electron chi connectivity index (χ2n) is 5.65. The average Bonchev–Trinajstić information content (AvgIpc) is 2.82. The second-order valence-corrected chi connectivity index (χ2v) is 5.65. The van der Waals surface area contributed by atoms with Crippen molar-refractivity contribution in [1.82, 2.24) is 20.1 Å². The molecule has 0 aliphatic heterocycles. The van der Waals surface area contributed by atoms with Gasteiger partial charge in [-0.1, -0.05) is 24.3 Å². The molecule has 1 heterocycles. The Balaban J connectivity index is 1.90. The molecule has 0 saturated heterocycles. The number of rotatable bonds is 5. The quantitative estimate of drug-likeness (QED) is 0.836. The minimum atomic E-state index is -0.687. The summed E-state index contributed by atoms with van der Waals surface area (Å²) in [7, 11) is 0. The van der Waals surface area contributed by atoms with E-state index in [1.807, 2.05) is 12.2 Å². The first-order chi connectivity index (χ1) is 9.49. The van der Waals surface area contributed by atoms with Crippen LogP contribution in [-0.4, -0.2) is 27.2 Å². The van der Waals surface area contributed by atoms with Gasteiger partial charge in [-0.05, 0) is 26.2 Å². The van der Waals surface area contributed by atoms with Gasteiger partial charge in [0.1, 0.15) is 6.33 Å². The average molecular weight is 276 g/mol. The molecule has 20 heavy (non-hydrogen) atoms. The van der Waals surface area contributed by atoms with Crippen LogP contribution < -0.4 is 11.0 Å². The van der Waals surface area contributed by atoms with Crippen LogP contribution in [0.15, 0.2) is 35.4 Å². The van der Waals surface area contributed by atoms with Gasteiger partial charge in [0, 0.05) is 6.54 Å². The number of nitrogens with zero attached hydrogens (tertiary/aromatic N) is 2. The summed E-state index contributed by atoms with van der Waals surface area (Å²) >= 11 is 0. The van der Waals surface area contributed by atoms with Crippen molar-refractivity contribution >= 4 is 5.91 Å². The number of carbonyl (C=O) groups excluding carboxylic acids is 1. The maximum absolute atomic E-state index is 12.2. The summed E-state index contributed by atoms with van der Waals surface area (Å²) < 4.78 is 1.27. The number of nitrogens with one attached hydrogen (secondary N) is 2. The lowest BCUT2D eigenvalue weighted by Crippen LogP contribution is -2.43. The molecular formula is C14H20N4O2. The highest BCUT2D eigenvalue weighted by Gasteiger charge is 2.29. The smallest absolute Gasteiger partial charge is 0.343 e. The summed E-state index contributed by atoms with van der Waals surface area (Å²) in [5.74, 6) is 0.267. The van der Waals surface area contributed by atoms with Crippen molar-refractivity contribution in [2.45, 2.75) is 26.8 Å². The van der Waals surface area contributed by atoms with Gasteiger partial charge in [-0.3, -0.25) is 9.78 Å². The molecule has 108 valence electrons. The van der Waals surface area contributed by atoms with E-state index in [-0.39, 0.29) is 18.1 Å². The molecule has 1 aromatic heterocycles. The van der Waals surface area contributed by atoms with Gasteiger partial charge >= 0.3 is 5.69 Å². The van der Waals surface area contributed by atoms with Crippen LogP contribution in [0, 0.1) is 11.3 Å². The zero-order valence-electron chi connectivity index (χ0n) is 11.8. The van der Waals surface area contributed by atoms with E-state index in [4.69, 9.17) is 0 Å². The number of carbonyl (C=O) groups is 1. The molecule has 1 amide bonds. The van der Waals surface area contributed by atoms with Crippen LogP contribution >= 0.6 is 0 Å². The van der Waals surface area contributed by atoms with Crippen LogP contribution in [0.2, 0.25) is 0 Å². The Morgan fingerprint density at radius 3 is 2.95 bits per heavy atom. The van der Waals surface area contributed by atoms with Crippen molar-refractivity contribution in [1.29, 1.82) is 0 Å². The number of hydrogen-bond donors (Lipinski definition) is 2. The van der Waals surface area contributed by atoms with E-state index in [0.717, 1.165) is 6.42 Å². The fraction of sp³-hybridized carbons (Fsp3) is 0.500. The zero-order valence-corrected chi connectivity index (χ0v) is 11.8. The van der Waals surface area contributed by atoms with Crippen LogP contribution in [0.1, 0.15) is 20.3 Å². The lowest BCUT2D eigenvalue weighted by atomic mass is 9.91. The third-order valence-electron chi connectivity index (χ3n) is 3.37. The Morgan fingerprint density at radius 1 is 1.55 bits per heavy atom. The highest BCUT2D eigenvalue weighted by Crippen LogP contribution is 2.18. The van der Waals surface area contributed by atoms with Crippen LogP contribution in [-0.2, 0) is 11.3 Å². The van der Waals surface area contributed by atoms with E-state index in [2.05, 4.69) is 27.6 Å². The molecule has 1 unspecified atom stereocenters. The molecule has 0 saturated carbocycles. The van der Waals surface area contributed by atoms with Gasteiger partial charge < -0.3 is 5.32 Å². The van der Waals surface area contributed by atoms with Gasteiger partial charge in [0.05, 0.1) is 12.0 Å². The first-order valence-corrected chi connectivity index (χ1v) is 6.71. The summed E-state index contributed by atoms with van der Waals surface area (Å²) in [6.45, 7) is 4.47. The van der Waals surface area contributed by atoms with Crippen LogP contribution in [0.3, 0.4) is 0 Å². The number of allylic oxidation sites excluding steroid dienone is 3. The molecular weight excluding hydrogens is 256 g/mol. The molecule has 1 aliphatic carbocycles. The summed E-state index contributed by atoms with van der Waals surface area (Å²) in [6.07, 6.45) is 10.4. The normalized spacial score (nSPS) is 18.2. The summed E-state index contributed by atoms with van der Waals surface area (Å²) in [6, 6.07) is 0. The Labute approximate surface area is 117 Å². The van der Waals surface area contributed by atoms with Crippen molar-refractivity contribution in [3.8, 4) is 0 Å². The lowest BCUT2D eigenvalue weighted by Gasteiger charge is -2.24. The predicted octanol–water partition coefficient (Wildman–Crippen LogP) is 0.846. The predicted molar refractivity (Wildman–Crippen MR) is 76.0 cm³/mol. The molecule has 6 heteroatoms. The summed E-state index contributed by atoms with van der Waals surface area (Å²) in [4.78, 5) is 26.1. The molecule has 1 atom stereocenters. The topological polar surface area (TPSA) is 79.8 Å². The van der Waals surface area contributed by atoms with E-state index in [1.54, 1.807) is 13.8 Å². The van der Waals surface area contributed by atoms with Crippen LogP contribution in [0.5, 0.6) is 0 Å². The van der Waals surface area contributed by atoms with Crippen molar-refractivity contribution in [2.24, 2.45) is 11.3 Å². The van der Waals surface area contributed by atoms with E-state index in [9.17, 15) is 9.59 Å². The molecule has 2 rings (SSSR count). The van der Waals surface area contributed by atoms with Gasteiger partial charge in [0.2, 0.25) is 5.91 Å². The molecule has 2 N–H and O–H groups in total. The lowest BCUT2D eigenvalue weighted by molar-refractivity contribution is -0.130. The molecule has 1 aliphatic rings. The fourth-order valence-corrected chi connectivity index (χ4v) is 2.09. The second kappa shape index (κ2) is 5.90. The molecule has 0 fully saturated rings. The van der Waals surface area contributed by atoms with Crippen molar-refractivity contribution in [3.63, 3.8) is 0 Å². The van der Waals surface area contributed by atoms with Crippen molar-refractivity contribution < 1.29 is 4.79 Å². The minimum Gasteiger partial charge on any atom is -0.355 e. The minimum absolute atomic E-state index is 0.0737. The Kier molecular flexibility index (Phi) is 4.22. The largest absolute Gasteiger partial charge is 0.355 e. The number of hydrogen-bond acceptors (Lipinski definition) is 3. The van der Waals surface area contributed by atoms with Gasteiger partial charge in [0.15, 0.2) is 0 Å². The number of aromatic amines is 1. The zero-order chi connectivity index (χ0) is 14.6. The van der Waals surface area contributed by atoms with Crippen molar-refractivity contribution in [2.75, 3.05) is 6.54 Å².